The van der Waals surface area contributed by atoms with Crippen LogP contribution in [0, 0.1) is 13.8 Å². The lowest BCUT2D eigenvalue weighted by atomic mass is 9.95. The smallest absolute Gasteiger partial charge is 0.338 e. The number of methoxy groups -OCH3 is 1. The van der Waals surface area contributed by atoms with Gasteiger partial charge in [0, 0.05) is 36.9 Å². The van der Waals surface area contributed by atoms with Gasteiger partial charge in [0.1, 0.15) is 0 Å². The number of fused-ring (bicyclic) bond motifs is 1. The molecule has 0 unspecified atom stereocenters. The maximum atomic E-state index is 14.2. The predicted molar refractivity (Wildman–Crippen MR) is 179 cm³/mol. The van der Waals surface area contributed by atoms with Crippen LogP contribution in [0.25, 0.3) is 11.8 Å². The van der Waals surface area contributed by atoms with E-state index in [1.807, 2.05) is 52.2 Å². The SMILES string of the molecule is CCOC(=O)C1=C(C)N=c2s/c(=C\c3cc(C)n(-c4ccc(N(C)C)cc4)c3C)c(=O)n2[C@@H]1c1ccc(OC(C)C)c(OC)c1. The van der Waals surface area contributed by atoms with Gasteiger partial charge in [-0.15, -0.1) is 0 Å². The number of rotatable bonds is 9. The third-order valence-electron chi connectivity index (χ3n) is 7.76. The standard InChI is InChI=1S/C35H40N4O5S/c1-10-43-34(41)31-22(5)36-35-39(32(31)24-11-16-28(44-20(2)3)29(18-24)42-9)33(40)30(45-35)19-25-17-21(4)38(23(25)6)27-14-12-26(13-15-27)37(7)8/h11-20,32H,10H2,1-9H3/b30-19-/t32-/m1/s1. The van der Waals surface area contributed by atoms with E-state index >= 15 is 0 Å². The van der Waals surface area contributed by atoms with E-state index in [0.717, 1.165) is 28.3 Å². The predicted octanol–water partition coefficient (Wildman–Crippen LogP) is 5.07. The molecule has 0 radical (unpaired) electrons. The van der Waals surface area contributed by atoms with Gasteiger partial charge in [-0.2, -0.15) is 0 Å². The summed E-state index contributed by atoms with van der Waals surface area (Å²) in [4.78, 5) is 34.8. The lowest BCUT2D eigenvalue weighted by Gasteiger charge is -2.25. The first-order chi connectivity index (χ1) is 21.4. The van der Waals surface area contributed by atoms with Crippen molar-refractivity contribution in [2.24, 2.45) is 4.99 Å². The molecule has 236 valence electrons. The van der Waals surface area contributed by atoms with E-state index in [1.54, 1.807) is 25.5 Å². The molecule has 0 saturated heterocycles. The Bertz CT molecular complexity index is 1960. The van der Waals surface area contributed by atoms with Crippen LogP contribution in [0.15, 0.2) is 69.6 Å². The minimum absolute atomic E-state index is 0.0565. The van der Waals surface area contributed by atoms with E-state index in [-0.39, 0.29) is 18.3 Å². The van der Waals surface area contributed by atoms with Crippen LogP contribution in [-0.4, -0.2) is 49.0 Å². The number of benzene rings is 2. The molecule has 45 heavy (non-hydrogen) atoms. The van der Waals surface area contributed by atoms with Gasteiger partial charge in [-0.05, 0) is 101 Å². The molecule has 3 heterocycles. The summed E-state index contributed by atoms with van der Waals surface area (Å²) < 4.78 is 21.3. The fourth-order valence-corrected chi connectivity index (χ4v) is 6.72. The Kier molecular flexibility index (Phi) is 9.06. The first kappa shape index (κ1) is 31.8. The van der Waals surface area contributed by atoms with Crippen molar-refractivity contribution in [3.05, 3.63) is 102 Å². The monoisotopic (exact) mass is 628 g/mol. The number of thiazole rings is 1. The highest BCUT2D eigenvalue weighted by Crippen LogP contribution is 2.36. The molecular weight excluding hydrogens is 588 g/mol. The number of esters is 1. The molecule has 9 nitrogen and oxygen atoms in total. The molecule has 1 aliphatic heterocycles. The van der Waals surface area contributed by atoms with E-state index in [0.29, 0.717) is 37.7 Å². The summed E-state index contributed by atoms with van der Waals surface area (Å²) in [7, 11) is 5.60. The Morgan fingerprint density at radius 2 is 1.78 bits per heavy atom. The number of hydrogen-bond donors (Lipinski definition) is 0. The summed E-state index contributed by atoms with van der Waals surface area (Å²) >= 11 is 1.30. The molecule has 10 heteroatoms. The van der Waals surface area contributed by atoms with E-state index in [9.17, 15) is 9.59 Å². The number of anilines is 1. The molecule has 4 aromatic rings. The molecule has 0 fully saturated rings. The fraction of sp³-hybridized carbons (Fsp3) is 0.343. The zero-order valence-corrected chi connectivity index (χ0v) is 28.1. The third kappa shape index (κ3) is 6.07. The highest BCUT2D eigenvalue weighted by atomic mass is 32.1. The van der Waals surface area contributed by atoms with Gasteiger partial charge < -0.3 is 23.7 Å². The zero-order chi connectivity index (χ0) is 32.6. The number of allylic oxidation sites excluding steroid dienone is 1. The molecule has 0 saturated carbocycles. The quantitative estimate of drug-likeness (QED) is 0.241. The van der Waals surface area contributed by atoms with E-state index in [4.69, 9.17) is 19.2 Å². The highest BCUT2D eigenvalue weighted by Gasteiger charge is 2.34. The lowest BCUT2D eigenvalue weighted by molar-refractivity contribution is -0.139. The Hall–Kier alpha value is -4.57. The van der Waals surface area contributed by atoms with Gasteiger partial charge in [-0.3, -0.25) is 9.36 Å². The molecule has 5 rings (SSSR count). The molecule has 0 spiro atoms. The Balaban J connectivity index is 1.66. The normalized spacial score (nSPS) is 14.8. The van der Waals surface area contributed by atoms with Crippen LogP contribution in [0.3, 0.4) is 0 Å². The largest absolute Gasteiger partial charge is 0.493 e. The van der Waals surface area contributed by atoms with Gasteiger partial charge >= 0.3 is 5.97 Å². The van der Waals surface area contributed by atoms with Gasteiger partial charge in [0.2, 0.25) is 0 Å². The summed E-state index contributed by atoms with van der Waals surface area (Å²) in [6.45, 7) is 11.7. The van der Waals surface area contributed by atoms with Crippen molar-refractivity contribution in [3.63, 3.8) is 0 Å². The van der Waals surface area contributed by atoms with Gasteiger partial charge in [-0.1, -0.05) is 17.4 Å². The van der Waals surface area contributed by atoms with Crippen molar-refractivity contribution in [1.82, 2.24) is 9.13 Å². The molecule has 2 aromatic heterocycles. The lowest BCUT2D eigenvalue weighted by Crippen LogP contribution is -2.40. The van der Waals surface area contributed by atoms with Crippen molar-refractivity contribution in [2.75, 3.05) is 32.7 Å². The van der Waals surface area contributed by atoms with Crippen LogP contribution >= 0.6 is 11.3 Å². The number of carbonyl (C=O) groups excluding carboxylic acids is 1. The van der Waals surface area contributed by atoms with Crippen molar-refractivity contribution in [1.29, 1.82) is 0 Å². The van der Waals surface area contributed by atoms with Crippen LogP contribution < -0.4 is 29.3 Å². The van der Waals surface area contributed by atoms with Crippen LogP contribution in [0.2, 0.25) is 0 Å². The summed E-state index contributed by atoms with van der Waals surface area (Å²) in [5.41, 5.74) is 6.44. The second-order valence-electron chi connectivity index (χ2n) is 11.5. The Morgan fingerprint density at radius 3 is 2.40 bits per heavy atom. The van der Waals surface area contributed by atoms with Crippen LogP contribution in [0.5, 0.6) is 11.5 Å². The molecule has 1 atom stereocenters. The maximum Gasteiger partial charge on any atom is 0.338 e. The summed E-state index contributed by atoms with van der Waals surface area (Å²) in [6.07, 6.45) is 1.86. The van der Waals surface area contributed by atoms with Gasteiger partial charge in [-0.25, -0.2) is 9.79 Å². The van der Waals surface area contributed by atoms with Crippen molar-refractivity contribution >= 4 is 29.1 Å². The fourth-order valence-electron chi connectivity index (χ4n) is 5.68. The molecule has 0 aliphatic carbocycles. The maximum absolute atomic E-state index is 14.2. The first-order valence-corrected chi connectivity index (χ1v) is 15.8. The van der Waals surface area contributed by atoms with Gasteiger partial charge in [0.25, 0.3) is 5.56 Å². The summed E-state index contributed by atoms with van der Waals surface area (Å²) in [5, 5.41) is 0. The van der Waals surface area contributed by atoms with Crippen molar-refractivity contribution in [3.8, 4) is 17.2 Å². The number of nitrogens with zero attached hydrogens (tertiary/aromatic N) is 4. The third-order valence-corrected chi connectivity index (χ3v) is 8.75. The van der Waals surface area contributed by atoms with Gasteiger partial charge in [0.15, 0.2) is 16.3 Å². The summed E-state index contributed by atoms with van der Waals surface area (Å²) in [6, 6.07) is 15.2. The highest BCUT2D eigenvalue weighted by molar-refractivity contribution is 7.07. The average molecular weight is 629 g/mol. The van der Waals surface area contributed by atoms with E-state index in [2.05, 4.69) is 53.6 Å². The minimum Gasteiger partial charge on any atom is -0.493 e. The van der Waals surface area contributed by atoms with Crippen LogP contribution in [0.1, 0.15) is 56.3 Å². The average Bonchev–Trinajstić information content (AvgIpc) is 3.45. The second kappa shape index (κ2) is 12.8. The topological polar surface area (TPSA) is 87.3 Å². The second-order valence-corrected chi connectivity index (χ2v) is 12.5. The Morgan fingerprint density at radius 1 is 1.07 bits per heavy atom. The Labute approximate surface area is 267 Å². The number of aryl methyl sites for hydroxylation is 1. The van der Waals surface area contributed by atoms with Crippen molar-refractivity contribution < 1.29 is 19.0 Å². The number of carbonyl (C=O) groups is 1. The number of hydrogen-bond acceptors (Lipinski definition) is 8. The van der Waals surface area contributed by atoms with E-state index < -0.39 is 12.0 Å². The molecule has 0 amide bonds. The number of aromatic nitrogens is 2. The summed E-state index contributed by atoms with van der Waals surface area (Å²) in [5.74, 6) is 0.573. The van der Waals surface area contributed by atoms with Crippen LogP contribution in [-0.2, 0) is 9.53 Å². The minimum atomic E-state index is -0.757. The molecular formula is C35H40N4O5S. The zero-order valence-electron chi connectivity index (χ0n) is 27.3. The first-order valence-electron chi connectivity index (χ1n) is 15.0. The molecule has 0 N–H and O–H groups in total. The van der Waals surface area contributed by atoms with Crippen molar-refractivity contribution in [2.45, 2.75) is 53.7 Å². The molecule has 1 aliphatic rings. The number of ether oxygens (including phenoxy) is 3. The molecule has 2 aromatic carbocycles. The van der Waals surface area contributed by atoms with E-state index in [1.165, 1.54) is 11.3 Å². The molecule has 0 bridgehead atoms. The van der Waals surface area contributed by atoms with Crippen LogP contribution in [0.4, 0.5) is 5.69 Å². The van der Waals surface area contributed by atoms with Gasteiger partial charge in [0.05, 0.1) is 41.7 Å².